The average molecular weight is 599 g/mol. The maximum Gasteiger partial charge on any atom is 0.258 e. The topological polar surface area (TPSA) is 102 Å². The molecule has 4 aromatic rings. The van der Waals surface area contributed by atoms with E-state index in [1.165, 1.54) is 7.11 Å². The summed E-state index contributed by atoms with van der Waals surface area (Å²) in [6.07, 6.45) is 2.48. The van der Waals surface area contributed by atoms with E-state index < -0.39 is 0 Å². The first kappa shape index (κ1) is 28.7. The first-order valence-corrected chi connectivity index (χ1v) is 15.5. The summed E-state index contributed by atoms with van der Waals surface area (Å²) in [6.45, 7) is 3.50. The molecule has 4 bridgehead atoms. The minimum Gasteiger partial charge on any atom is -0.493 e. The molecule has 0 radical (unpaired) electrons. The van der Waals surface area contributed by atoms with Crippen molar-refractivity contribution in [1.82, 2.24) is 15.6 Å². The van der Waals surface area contributed by atoms with Crippen LogP contribution in [0, 0.1) is 6.92 Å². The molecule has 1 aromatic heterocycles. The number of nitrogens with zero attached hydrogens (tertiary/aromatic N) is 2. The number of carbonyl (C=O) groups is 2. The number of pyridine rings is 1. The molecule has 0 aliphatic carbocycles. The Morgan fingerprint density at radius 2 is 1.88 bits per heavy atom. The Balaban J connectivity index is 1.32. The van der Waals surface area contributed by atoms with Crippen molar-refractivity contribution in [2.75, 3.05) is 38.0 Å². The number of hydrogen-bond donors (Lipinski definition) is 2. The van der Waals surface area contributed by atoms with Crippen molar-refractivity contribution in [3.8, 4) is 17.2 Å². The van der Waals surface area contributed by atoms with Gasteiger partial charge in [-0.2, -0.15) is 0 Å². The van der Waals surface area contributed by atoms with Gasteiger partial charge in [0.1, 0.15) is 17.7 Å². The molecule has 0 spiro atoms. The van der Waals surface area contributed by atoms with Gasteiger partial charge in [0.15, 0.2) is 18.1 Å². The second kappa shape index (κ2) is 12.4. The Hall–Kier alpha value is -4.44. The van der Waals surface area contributed by atoms with Crippen LogP contribution in [0.2, 0.25) is 0 Å². The number of aryl methyl sites for hydroxylation is 1. The Morgan fingerprint density at radius 3 is 2.67 bits per heavy atom. The van der Waals surface area contributed by atoms with Crippen LogP contribution >= 0.6 is 11.8 Å². The first-order valence-electron chi connectivity index (χ1n) is 14.2. The van der Waals surface area contributed by atoms with E-state index in [-0.39, 0.29) is 30.6 Å². The fourth-order valence-corrected chi connectivity index (χ4v) is 5.94. The van der Waals surface area contributed by atoms with E-state index in [0.29, 0.717) is 42.3 Å². The molecule has 3 aliphatic heterocycles. The van der Waals surface area contributed by atoms with Crippen molar-refractivity contribution in [1.29, 1.82) is 0 Å². The minimum absolute atomic E-state index is 0.209. The van der Waals surface area contributed by atoms with Crippen LogP contribution in [0.3, 0.4) is 0 Å². The van der Waals surface area contributed by atoms with Gasteiger partial charge in [-0.1, -0.05) is 18.2 Å². The summed E-state index contributed by atoms with van der Waals surface area (Å²) in [5.74, 6) is 1.78. The number of ether oxygens (including phenoxy) is 3. The third-order valence-corrected chi connectivity index (χ3v) is 8.61. The Labute approximate surface area is 254 Å². The SMILES string of the molecule is COc1ccc2cc1OCC(=O)NCc1ccc(cc1)O[C@@H]1CCN(c3cc(C)c4ccc(SC)cc4n3)C[C@@H]1NC2=O. The van der Waals surface area contributed by atoms with Crippen molar-refractivity contribution >= 4 is 40.3 Å². The number of thioether (sulfide) groups is 1. The summed E-state index contributed by atoms with van der Waals surface area (Å²) in [4.78, 5) is 34.5. The van der Waals surface area contributed by atoms with E-state index in [0.717, 1.165) is 39.3 Å². The third kappa shape index (κ3) is 6.34. The molecule has 7 rings (SSSR count). The lowest BCUT2D eigenvalue weighted by molar-refractivity contribution is -0.123. The summed E-state index contributed by atoms with van der Waals surface area (Å²) in [7, 11) is 1.52. The molecule has 1 saturated heterocycles. The number of methoxy groups -OCH3 is 1. The van der Waals surface area contributed by atoms with Crippen molar-refractivity contribution in [2.45, 2.75) is 36.9 Å². The van der Waals surface area contributed by atoms with Crippen LogP contribution in [0.1, 0.15) is 27.9 Å². The summed E-state index contributed by atoms with van der Waals surface area (Å²) in [5, 5.41) is 7.20. The number of anilines is 1. The predicted molar refractivity (Wildman–Crippen MR) is 168 cm³/mol. The fourth-order valence-electron chi connectivity index (χ4n) is 5.51. The zero-order chi connectivity index (χ0) is 29.9. The number of benzene rings is 3. The molecule has 10 heteroatoms. The second-order valence-corrected chi connectivity index (χ2v) is 11.6. The summed E-state index contributed by atoms with van der Waals surface area (Å²) in [6, 6.07) is 20.7. The minimum atomic E-state index is -0.332. The number of carbonyl (C=O) groups excluding carboxylic acids is 2. The van der Waals surface area contributed by atoms with E-state index in [1.54, 1.807) is 30.0 Å². The van der Waals surface area contributed by atoms with Crippen LogP contribution < -0.4 is 29.7 Å². The number of amides is 2. The summed E-state index contributed by atoms with van der Waals surface area (Å²) < 4.78 is 17.7. The van der Waals surface area contributed by atoms with E-state index in [9.17, 15) is 9.59 Å². The second-order valence-electron chi connectivity index (χ2n) is 10.7. The van der Waals surface area contributed by atoms with E-state index in [4.69, 9.17) is 19.2 Å². The first-order chi connectivity index (χ1) is 20.9. The van der Waals surface area contributed by atoms with Crippen LogP contribution in [0.4, 0.5) is 5.82 Å². The summed E-state index contributed by atoms with van der Waals surface area (Å²) >= 11 is 1.69. The number of nitrogens with one attached hydrogen (secondary N) is 2. The van der Waals surface area contributed by atoms with Gasteiger partial charge in [-0.05, 0) is 72.8 Å². The van der Waals surface area contributed by atoms with Gasteiger partial charge in [-0.15, -0.1) is 11.8 Å². The molecule has 2 amide bonds. The molecule has 2 atom stereocenters. The van der Waals surface area contributed by atoms with Crippen LogP contribution in [-0.2, 0) is 11.3 Å². The van der Waals surface area contributed by atoms with Gasteiger partial charge in [0, 0.05) is 41.9 Å². The molecule has 3 aliphatic rings. The van der Waals surface area contributed by atoms with Gasteiger partial charge in [0.2, 0.25) is 0 Å². The van der Waals surface area contributed by atoms with Gasteiger partial charge in [0.25, 0.3) is 11.8 Å². The van der Waals surface area contributed by atoms with E-state index in [1.807, 2.05) is 24.3 Å². The number of hydrogen-bond acceptors (Lipinski definition) is 8. The number of piperidine rings is 1. The maximum absolute atomic E-state index is 13.6. The Bertz CT molecular complexity index is 1660. The highest BCUT2D eigenvalue weighted by molar-refractivity contribution is 7.98. The molecule has 222 valence electrons. The molecule has 9 nitrogen and oxygen atoms in total. The summed E-state index contributed by atoms with van der Waals surface area (Å²) in [5.41, 5.74) is 3.44. The number of fused-ring (bicyclic) bond motifs is 8. The molecule has 0 saturated carbocycles. The molecule has 2 N–H and O–H groups in total. The molecule has 4 heterocycles. The van der Waals surface area contributed by atoms with E-state index >= 15 is 0 Å². The van der Waals surface area contributed by atoms with Gasteiger partial charge in [-0.3, -0.25) is 9.59 Å². The Kier molecular flexibility index (Phi) is 8.29. The lowest BCUT2D eigenvalue weighted by Gasteiger charge is -2.39. The quantitative estimate of drug-likeness (QED) is 0.326. The lowest BCUT2D eigenvalue weighted by atomic mass is 10.0. The van der Waals surface area contributed by atoms with Gasteiger partial charge < -0.3 is 29.7 Å². The zero-order valence-corrected chi connectivity index (χ0v) is 25.2. The highest BCUT2D eigenvalue weighted by atomic mass is 32.2. The highest BCUT2D eigenvalue weighted by Crippen LogP contribution is 2.31. The average Bonchev–Trinajstić information content (AvgIpc) is 3.03. The van der Waals surface area contributed by atoms with Crippen molar-refractivity contribution in [2.24, 2.45) is 0 Å². The van der Waals surface area contributed by atoms with Crippen LogP contribution in [0.25, 0.3) is 10.9 Å². The van der Waals surface area contributed by atoms with Crippen molar-refractivity contribution < 1.29 is 23.8 Å². The standard InChI is InChI=1S/C33H34N4O5S/c1-20-14-31(35-26-16-24(43-3)9-10-25(20)26)37-13-12-28-27(18-37)36-33(39)22-6-11-29(40-2)30(15-22)41-19-32(38)34-17-21-4-7-23(42-28)8-5-21/h4-11,14-16,27-28H,12-13,17-19H2,1-3H3,(H,34,38)(H,36,39)/t27-,28+/m0/s1. The molecular formula is C33H34N4O5S. The third-order valence-electron chi connectivity index (χ3n) is 7.89. The van der Waals surface area contributed by atoms with Crippen molar-refractivity contribution in [3.05, 3.63) is 83.4 Å². The van der Waals surface area contributed by atoms with Crippen molar-refractivity contribution in [3.63, 3.8) is 0 Å². The monoisotopic (exact) mass is 598 g/mol. The molecule has 43 heavy (non-hydrogen) atoms. The molecular weight excluding hydrogens is 564 g/mol. The van der Waals surface area contributed by atoms with Gasteiger partial charge >= 0.3 is 0 Å². The molecule has 3 aromatic carbocycles. The number of aromatic nitrogens is 1. The fraction of sp³-hybridized carbons (Fsp3) is 0.303. The normalized spacial score (nSPS) is 19.0. The zero-order valence-electron chi connectivity index (χ0n) is 24.4. The van der Waals surface area contributed by atoms with Crippen LogP contribution in [-0.4, -0.2) is 62.0 Å². The smallest absolute Gasteiger partial charge is 0.258 e. The van der Waals surface area contributed by atoms with E-state index in [2.05, 4.69) is 53.0 Å². The Morgan fingerprint density at radius 1 is 1.05 bits per heavy atom. The van der Waals surface area contributed by atoms with Gasteiger partial charge in [0.05, 0.1) is 18.7 Å². The van der Waals surface area contributed by atoms with Gasteiger partial charge in [-0.25, -0.2) is 4.98 Å². The number of rotatable bonds is 3. The van der Waals surface area contributed by atoms with Crippen LogP contribution in [0.15, 0.2) is 71.6 Å². The molecule has 1 fully saturated rings. The maximum atomic E-state index is 13.6. The lowest BCUT2D eigenvalue weighted by Crippen LogP contribution is -2.57. The van der Waals surface area contributed by atoms with Crippen LogP contribution in [0.5, 0.6) is 17.2 Å². The highest BCUT2D eigenvalue weighted by Gasteiger charge is 2.33. The molecule has 0 unspecified atom stereocenters. The predicted octanol–water partition coefficient (Wildman–Crippen LogP) is 4.74. The largest absolute Gasteiger partial charge is 0.493 e.